The zero-order valence-electron chi connectivity index (χ0n) is 14.4. The number of benzene rings is 2. The third-order valence-corrected chi connectivity index (χ3v) is 5.27. The summed E-state index contributed by atoms with van der Waals surface area (Å²) in [5, 5.41) is 10.2. The van der Waals surface area contributed by atoms with Crippen LogP contribution in [0.15, 0.2) is 48.5 Å². The number of ether oxygens (including phenoxy) is 1. The molecule has 1 heterocycles. The van der Waals surface area contributed by atoms with Crippen LogP contribution in [0.3, 0.4) is 0 Å². The zero-order valence-corrected chi connectivity index (χ0v) is 14.4. The van der Waals surface area contributed by atoms with E-state index in [2.05, 4.69) is 24.3 Å². The number of piperidine rings is 1. The van der Waals surface area contributed by atoms with Gasteiger partial charge in [-0.2, -0.15) is 0 Å². The highest BCUT2D eigenvalue weighted by Gasteiger charge is 2.33. The van der Waals surface area contributed by atoms with Crippen LogP contribution in [0.1, 0.15) is 36.8 Å². The minimum absolute atomic E-state index is 0.0710. The summed E-state index contributed by atoms with van der Waals surface area (Å²) >= 11 is 0. The van der Waals surface area contributed by atoms with Gasteiger partial charge in [0.05, 0.1) is 12.1 Å². The van der Waals surface area contributed by atoms with Gasteiger partial charge in [0.2, 0.25) is 0 Å². The molecule has 1 fully saturated rings. The molecule has 1 aliphatic carbocycles. The van der Waals surface area contributed by atoms with Gasteiger partial charge < -0.3 is 14.7 Å². The number of hydrogen-bond acceptors (Lipinski definition) is 3. The summed E-state index contributed by atoms with van der Waals surface area (Å²) in [7, 11) is 0. The number of carbonyl (C=O) groups is 1. The third-order valence-electron chi connectivity index (χ3n) is 5.27. The molecule has 25 heavy (non-hydrogen) atoms. The summed E-state index contributed by atoms with van der Waals surface area (Å²) < 4.78 is 5.65. The minimum Gasteiger partial charge on any atom is -0.448 e. The number of fused-ring (bicyclic) bond motifs is 3. The summed E-state index contributed by atoms with van der Waals surface area (Å²) in [6, 6.07) is 16.6. The van der Waals surface area contributed by atoms with E-state index < -0.39 is 5.60 Å². The molecule has 130 valence electrons. The van der Waals surface area contributed by atoms with E-state index in [0.717, 1.165) is 12.8 Å². The SMILES string of the molecule is CC1(O)CCCN(C(=O)OCC2c3ccccc3-c3ccccc32)C1. The highest BCUT2D eigenvalue weighted by Crippen LogP contribution is 2.44. The van der Waals surface area contributed by atoms with Crippen LogP contribution in [0.5, 0.6) is 0 Å². The summed E-state index contributed by atoms with van der Waals surface area (Å²) in [4.78, 5) is 14.1. The van der Waals surface area contributed by atoms with Crippen molar-refractivity contribution in [3.05, 3.63) is 59.7 Å². The van der Waals surface area contributed by atoms with Crippen LogP contribution < -0.4 is 0 Å². The average molecular weight is 337 g/mol. The maximum atomic E-state index is 12.5. The Balaban J connectivity index is 1.51. The van der Waals surface area contributed by atoms with Crippen molar-refractivity contribution in [1.82, 2.24) is 4.90 Å². The fraction of sp³-hybridized carbons (Fsp3) is 0.381. The molecular formula is C21H23NO3. The lowest BCUT2D eigenvalue weighted by molar-refractivity contribution is -0.0161. The first kappa shape index (κ1) is 16.2. The van der Waals surface area contributed by atoms with Gasteiger partial charge in [0.15, 0.2) is 0 Å². The fourth-order valence-electron chi connectivity index (χ4n) is 4.06. The van der Waals surface area contributed by atoms with E-state index in [1.165, 1.54) is 22.3 Å². The highest BCUT2D eigenvalue weighted by atomic mass is 16.6. The van der Waals surface area contributed by atoms with Crippen molar-refractivity contribution in [1.29, 1.82) is 0 Å². The second-order valence-electron chi connectivity index (χ2n) is 7.33. The molecule has 1 N–H and O–H groups in total. The smallest absolute Gasteiger partial charge is 0.409 e. The van der Waals surface area contributed by atoms with Gasteiger partial charge in [-0.25, -0.2) is 4.79 Å². The molecule has 2 aliphatic rings. The van der Waals surface area contributed by atoms with E-state index in [1.807, 2.05) is 24.3 Å². The predicted molar refractivity (Wildman–Crippen MR) is 96.5 cm³/mol. The molecule has 1 atom stereocenters. The van der Waals surface area contributed by atoms with E-state index in [-0.39, 0.29) is 12.0 Å². The van der Waals surface area contributed by atoms with Crippen molar-refractivity contribution in [3.8, 4) is 11.1 Å². The minimum atomic E-state index is -0.816. The lowest BCUT2D eigenvalue weighted by Crippen LogP contribution is -2.48. The Morgan fingerprint density at radius 2 is 1.76 bits per heavy atom. The maximum Gasteiger partial charge on any atom is 0.409 e. The molecule has 0 saturated carbocycles. The molecule has 2 aromatic rings. The number of hydrogen-bond donors (Lipinski definition) is 1. The summed E-state index contributed by atoms with van der Waals surface area (Å²) in [6.07, 6.45) is 1.19. The molecule has 1 saturated heterocycles. The van der Waals surface area contributed by atoms with Gasteiger partial charge in [-0.3, -0.25) is 0 Å². The van der Waals surface area contributed by atoms with Crippen LogP contribution in [-0.2, 0) is 4.74 Å². The molecule has 0 radical (unpaired) electrons. The number of aliphatic hydroxyl groups is 1. The molecule has 0 bridgehead atoms. The topological polar surface area (TPSA) is 49.8 Å². The Morgan fingerprint density at radius 3 is 2.36 bits per heavy atom. The molecule has 2 aromatic carbocycles. The van der Waals surface area contributed by atoms with Crippen LogP contribution in [0.4, 0.5) is 4.79 Å². The number of likely N-dealkylation sites (tertiary alicyclic amines) is 1. The quantitative estimate of drug-likeness (QED) is 0.907. The average Bonchev–Trinajstić information content (AvgIpc) is 2.93. The first-order valence-corrected chi connectivity index (χ1v) is 8.87. The van der Waals surface area contributed by atoms with Crippen LogP contribution in [0, 0.1) is 0 Å². The van der Waals surface area contributed by atoms with Crippen LogP contribution in [-0.4, -0.2) is 41.4 Å². The standard InChI is InChI=1S/C21H23NO3/c1-21(24)11-6-12-22(14-21)20(23)25-13-19-17-9-4-2-7-15(17)16-8-3-5-10-18(16)19/h2-5,7-10,19,24H,6,11-14H2,1H3. The molecule has 1 aliphatic heterocycles. The Bertz CT molecular complexity index is 754. The normalized spacial score (nSPS) is 22.4. The van der Waals surface area contributed by atoms with Gasteiger partial charge in [0.1, 0.15) is 6.61 Å². The van der Waals surface area contributed by atoms with Gasteiger partial charge in [0, 0.05) is 12.5 Å². The predicted octanol–water partition coefficient (Wildman–Crippen LogP) is 3.78. The molecule has 1 unspecified atom stereocenters. The molecule has 4 heteroatoms. The van der Waals surface area contributed by atoms with Crippen molar-refractivity contribution in [3.63, 3.8) is 0 Å². The number of rotatable bonds is 2. The number of carbonyl (C=O) groups excluding carboxylic acids is 1. The van der Waals surface area contributed by atoms with E-state index >= 15 is 0 Å². The summed E-state index contributed by atoms with van der Waals surface area (Å²) in [6.45, 7) is 3.08. The van der Waals surface area contributed by atoms with Gasteiger partial charge in [-0.05, 0) is 42.0 Å². The van der Waals surface area contributed by atoms with Gasteiger partial charge in [-0.1, -0.05) is 48.5 Å². The van der Waals surface area contributed by atoms with Crippen molar-refractivity contribution in [2.45, 2.75) is 31.3 Å². The second-order valence-corrected chi connectivity index (χ2v) is 7.33. The Morgan fingerprint density at radius 1 is 1.16 bits per heavy atom. The molecule has 0 aromatic heterocycles. The van der Waals surface area contributed by atoms with Gasteiger partial charge >= 0.3 is 6.09 Å². The van der Waals surface area contributed by atoms with Crippen molar-refractivity contribution < 1.29 is 14.6 Å². The first-order valence-electron chi connectivity index (χ1n) is 8.87. The van der Waals surface area contributed by atoms with Crippen LogP contribution >= 0.6 is 0 Å². The molecule has 0 spiro atoms. The lowest BCUT2D eigenvalue weighted by atomic mass is 9.95. The van der Waals surface area contributed by atoms with Crippen molar-refractivity contribution in [2.24, 2.45) is 0 Å². The Hall–Kier alpha value is -2.33. The summed E-state index contributed by atoms with van der Waals surface area (Å²) in [5.74, 6) is 0.0710. The molecule has 4 nitrogen and oxygen atoms in total. The zero-order chi connectivity index (χ0) is 17.4. The number of nitrogens with zero attached hydrogens (tertiary/aromatic N) is 1. The van der Waals surface area contributed by atoms with Gasteiger partial charge in [-0.15, -0.1) is 0 Å². The van der Waals surface area contributed by atoms with Crippen molar-refractivity contribution in [2.75, 3.05) is 19.7 Å². The molecule has 1 amide bonds. The van der Waals surface area contributed by atoms with Crippen LogP contribution in [0.25, 0.3) is 11.1 Å². The highest BCUT2D eigenvalue weighted by molar-refractivity contribution is 5.79. The van der Waals surface area contributed by atoms with Gasteiger partial charge in [0.25, 0.3) is 0 Å². The van der Waals surface area contributed by atoms with E-state index in [9.17, 15) is 9.90 Å². The van der Waals surface area contributed by atoms with E-state index in [4.69, 9.17) is 4.74 Å². The monoisotopic (exact) mass is 337 g/mol. The second kappa shape index (κ2) is 6.19. The lowest BCUT2D eigenvalue weighted by Gasteiger charge is -2.36. The maximum absolute atomic E-state index is 12.5. The van der Waals surface area contributed by atoms with E-state index in [0.29, 0.717) is 19.7 Å². The van der Waals surface area contributed by atoms with Crippen LogP contribution in [0.2, 0.25) is 0 Å². The molecular weight excluding hydrogens is 314 g/mol. The summed E-state index contributed by atoms with van der Waals surface area (Å²) in [5.41, 5.74) is 4.05. The number of β-amino-alcohol motifs (C(OH)–C–C–N with tert-alkyl or cyclic N) is 1. The first-order chi connectivity index (χ1) is 12.1. The van der Waals surface area contributed by atoms with E-state index in [1.54, 1.807) is 11.8 Å². The number of amides is 1. The molecule has 4 rings (SSSR count). The van der Waals surface area contributed by atoms with Crippen molar-refractivity contribution >= 4 is 6.09 Å². The fourth-order valence-corrected chi connectivity index (χ4v) is 4.06. The third kappa shape index (κ3) is 3.02. The largest absolute Gasteiger partial charge is 0.448 e. The Kier molecular flexibility index (Phi) is 4.00. The Labute approximate surface area is 148 Å².